The summed E-state index contributed by atoms with van der Waals surface area (Å²) in [4.78, 5) is 10.7. The van der Waals surface area contributed by atoms with Gasteiger partial charge in [-0.15, -0.1) is 0 Å². The van der Waals surface area contributed by atoms with E-state index in [0.29, 0.717) is 10.8 Å². The summed E-state index contributed by atoms with van der Waals surface area (Å²) >= 11 is 0. The summed E-state index contributed by atoms with van der Waals surface area (Å²) < 4.78 is 12.8. The molecule has 3 heteroatoms. The van der Waals surface area contributed by atoms with E-state index in [2.05, 4.69) is 0 Å². The van der Waals surface area contributed by atoms with Gasteiger partial charge in [-0.25, -0.2) is 0 Å². The van der Waals surface area contributed by atoms with Crippen molar-refractivity contribution in [1.29, 1.82) is 0 Å². The maximum Gasteiger partial charge on any atom is 0.334 e. The molecule has 0 spiro atoms. The first kappa shape index (κ1) is 11.1. The minimum Gasteiger partial charge on any atom is -0.308 e. The van der Waals surface area contributed by atoms with Crippen molar-refractivity contribution in [2.24, 2.45) is 0 Å². The number of hydrogen-bond donors (Lipinski definition) is 0. The van der Waals surface area contributed by atoms with Gasteiger partial charge in [0.25, 0.3) is 0 Å². The van der Waals surface area contributed by atoms with Crippen LogP contribution in [0.1, 0.15) is 36.7 Å². The van der Waals surface area contributed by atoms with E-state index >= 15 is 0 Å². The van der Waals surface area contributed by atoms with Crippen LogP contribution < -0.4 is 5.19 Å². The van der Waals surface area contributed by atoms with Crippen molar-refractivity contribution in [1.82, 2.24) is 0 Å². The van der Waals surface area contributed by atoms with Crippen LogP contribution in [0.5, 0.6) is 0 Å². The lowest BCUT2D eigenvalue weighted by Gasteiger charge is -2.22. The van der Waals surface area contributed by atoms with Gasteiger partial charge >= 0.3 is 9.85 Å². The zero-order valence-corrected chi connectivity index (χ0v) is 9.60. The highest BCUT2D eigenvalue weighted by Gasteiger charge is 2.20. The summed E-state index contributed by atoms with van der Waals surface area (Å²) in [6.45, 7) is 6.04. The number of carbonyl (C=O) groups excluding carboxylic acids is 1. The monoisotopic (exact) mass is 208 g/mol. The highest BCUT2D eigenvalue weighted by Crippen LogP contribution is 2.20. The van der Waals surface area contributed by atoms with Gasteiger partial charge in [0.15, 0.2) is 0 Å². The van der Waals surface area contributed by atoms with Crippen molar-refractivity contribution < 1.29 is 8.90 Å². The van der Waals surface area contributed by atoms with Gasteiger partial charge in [-0.2, -0.15) is 0 Å². The lowest BCUT2D eigenvalue weighted by atomic mass is 9.86. The summed E-state index contributed by atoms with van der Waals surface area (Å²) in [6.07, 6.45) is 0.719. The van der Waals surface area contributed by atoms with Crippen LogP contribution in [-0.4, -0.2) is 16.1 Å². The zero-order chi connectivity index (χ0) is 10.8. The smallest absolute Gasteiger partial charge is 0.308 e. The van der Waals surface area contributed by atoms with E-state index < -0.39 is 9.85 Å². The van der Waals surface area contributed by atoms with Gasteiger partial charge in [0.1, 0.15) is 6.29 Å². The maximum absolute atomic E-state index is 12.8. The van der Waals surface area contributed by atoms with Crippen LogP contribution in [0, 0.1) is 0 Å². The van der Waals surface area contributed by atoms with Crippen molar-refractivity contribution >= 4 is 21.3 Å². The SMILES string of the molecule is CC(C)(C)c1cccc(C=O)c1[Si]F. The van der Waals surface area contributed by atoms with Crippen LogP contribution in [0.3, 0.4) is 0 Å². The second-order valence-electron chi connectivity index (χ2n) is 4.23. The molecule has 1 nitrogen and oxygen atoms in total. The molecule has 14 heavy (non-hydrogen) atoms. The predicted octanol–water partition coefficient (Wildman–Crippen LogP) is 2.01. The molecule has 1 aromatic rings. The molecule has 0 aliphatic carbocycles. The zero-order valence-electron chi connectivity index (χ0n) is 8.60. The Balaban J connectivity index is 3.36. The Morgan fingerprint density at radius 1 is 1.36 bits per heavy atom. The van der Waals surface area contributed by atoms with E-state index in [4.69, 9.17) is 0 Å². The van der Waals surface area contributed by atoms with Crippen molar-refractivity contribution in [3.63, 3.8) is 0 Å². The Labute approximate surface area is 86.3 Å². The molecule has 0 heterocycles. The van der Waals surface area contributed by atoms with Crippen molar-refractivity contribution in [3.8, 4) is 0 Å². The fourth-order valence-corrected chi connectivity index (χ4v) is 2.21. The van der Waals surface area contributed by atoms with Crippen LogP contribution in [0.15, 0.2) is 18.2 Å². The summed E-state index contributed by atoms with van der Waals surface area (Å²) in [5, 5.41) is 0.551. The molecule has 1 aromatic carbocycles. The quantitative estimate of drug-likeness (QED) is 0.413. The Morgan fingerprint density at radius 2 is 2.00 bits per heavy atom. The van der Waals surface area contributed by atoms with Crippen molar-refractivity contribution in [2.45, 2.75) is 26.2 Å². The van der Waals surface area contributed by atoms with E-state index in [9.17, 15) is 8.90 Å². The summed E-state index contributed by atoms with van der Waals surface area (Å²) in [5.74, 6) is 0. The van der Waals surface area contributed by atoms with Crippen molar-refractivity contribution in [3.05, 3.63) is 29.3 Å². The third-order valence-electron chi connectivity index (χ3n) is 2.13. The Kier molecular flexibility index (Phi) is 3.21. The largest absolute Gasteiger partial charge is 0.334 e. The molecular weight excluding hydrogens is 195 g/mol. The van der Waals surface area contributed by atoms with Gasteiger partial charge in [-0.3, -0.25) is 4.79 Å². The number of benzene rings is 1. The summed E-state index contributed by atoms with van der Waals surface area (Å²) in [5.41, 5.74) is 1.27. The molecule has 0 atom stereocenters. The molecule has 0 bridgehead atoms. The second kappa shape index (κ2) is 4.05. The summed E-state index contributed by atoms with van der Waals surface area (Å²) in [7, 11) is -0.823. The van der Waals surface area contributed by atoms with Gasteiger partial charge in [0, 0.05) is 5.56 Å². The molecule has 0 fully saturated rings. The van der Waals surface area contributed by atoms with Crippen LogP contribution in [0.25, 0.3) is 0 Å². The Hall–Kier alpha value is -0.963. The van der Waals surface area contributed by atoms with Crippen LogP contribution in [0.2, 0.25) is 0 Å². The topological polar surface area (TPSA) is 17.1 Å². The van der Waals surface area contributed by atoms with Crippen LogP contribution in [0.4, 0.5) is 4.11 Å². The molecule has 0 saturated carbocycles. The molecule has 0 amide bonds. The van der Waals surface area contributed by atoms with Gasteiger partial charge in [0.05, 0.1) is 0 Å². The first-order valence-corrected chi connectivity index (χ1v) is 5.34. The number of rotatable bonds is 2. The molecule has 0 aliphatic rings. The number of halogens is 1. The highest BCUT2D eigenvalue weighted by atomic mass is 28.3. The maximum atomic E-state index is 12.8. The fraction of sp³-hybridized carbons (Fsp3) is 0.364. The van der Waals surface area contributed by atoms with Gasteiger partial charge in [0.2, 0.25) is 0 Å². The average Bonchev–Trinajstić information content (AvgIpc) is 2.15. The Morgan fingerprint density at radius 3 is 2.43 bits per heavy atom. The lowest BCUT2D eigenvalue weighted by Crippen LogP contribution is -2.28. The summed E-state index contributed by atoms with van der Waals surface area (Å²) in [6, 6.07) is 5.34. The molecule has 0 aliphatic heterocycles. The van der Waals surface area contributed by atoms with Crippen LogP contribution in [-0.2, 0) is 5.41 Å². The van der Waals surface area contributed by atoms with Gasteiger partial charge in [-0.05, 0) is 16.2 Å². The first-order chi connectivity index (χ1) is 6.50. The van der Waals surface area contributed by atoms with E-state index in [0.717, 1.165) is 11.8 Å². The molecule has 0 saturated heterocycles. The molecule has 0 N–H and O–H groups in total. The third-order valence-corrected chi connectivity index (χ3v) is 2.87. The number of carbonyl (C=O) groups is 1. The van der Waals surface area contributed by atoms with Crippen molar-refractivity contribution in [2.75, 3.05) is 0 Å². The molecule has 74 valence electrons. The fourth-order valence-electron chi connectivity index (χ4n) is 1.40. The molecule has 1 rings (SSSR count). The molecule has 2 radical (unpaired) electrons. The minimum absolute atomic E-state index is 0.118. The standard InChI is InChI=1S/C11H13FOSi/c1-11(2,3)9-6-4-5-8(7-13)10(9)14-12/h4-7H,1-3H3. The Bertz CT molecular complexity index is 342. The predicted molar refractivity (Wildman–Crippen MR) is 57.0 cm³/mol. The van der Waals surface area contributed by atoms with Crippen LogP contribution >= 0.6 is 0 Å². The molecular formula is C11H13FOSi. The highest BCUT2D eigenvalue weighted by molar-refractivity contribution is 6.49. The van der Waals surface area contributed by atoms with Gasteiger partial charge < -0.3 is 4.11 Å². The molecule has 0 aromatic heterocycles. The van der Waals surface area contributed by atoms with E-state index in [1.807, 2.05) is 26.8 Å². The second-order valence-corrected chi connectivity index (χ2v) is 4.92. The average molecular weight is 208 g/mol. The van der Waals surface area contributed by atoms with E-state index in [1.54, 1.807) is 12.1 Å². The number of hydrogen-bond acceptors (Lipinski definition) is 1. The molecule has 0 unspecified atom stereocenters. The lowest BCUT2D eigenvalue weighted by molar-refractivity contribution is 0.112. The van der Waals surface area contributed by atoms with Gasteiger partial charge in [-0.1, -0.05) is 39.0 Å². The first-order valence-electron chi connectivity index (χ1n) is 4.46. The van der Waals surface area contributed by atoms with E-state index in [-0.39, 0.29) is 5.41 Å². The van der Waals surface area contributed by atoms with E-state index in [1.165, 1.54) is 0 Å². The minimum atomic E-state index is -0.823. The number of aldehydes is 1. The normalized spacial score (nSPS) is 11.4. The third kappa shape index (κ3) is 2.10.